The number of nitrogens with two attached hydrogens (primary N) is 1. The van der Waals surface area contributed by atoms with Crippen molar-refractivity contribution in [1.82, 2.24) is 9.47 Å². The normalized spacial score (nSPS) is 12.4. The monoisotopic (exact) mass is 251 g/mol. The molecule has 1 rings (SSSR count). The van der Waals surface area contributed by atoms with Crippen molar-refractivity contribution in [3.8, 4) is 0 Å². The van der Waals surface area contributed by atoms with Crippen LogP contribution in [0.15, 0.2) is 12.3 Å². The van der Waals surface area contributed by atoms with Crippen molar-refractivity contribution in [3.63, 3.8) is 0 Å². The maximum absolute atomic E-state index is 12.5. The molecule has 0 aliphatic heterocycles. The van der Waals surface area contributed by atoms with Gasteiger partial charge in [-0.25, -0.2) is 0 Å². The Hall–Kier alpha value is -1.45. The number of anilines is 1. The molecule has 1 atom stereocenters. The predicted molar refractivity (Wildman–Crippen MR) is 75.6 cm³/mol. The van der Waals surface area contributed by atoms with Crippen LogP contribution in [0.5, 0.6) is 0 Å². The smallest absolute Gasteiger partial charge is 0.270 e. The van der Waals surface area contributed by atoms with Crippen molar-refractivity contribution in [1.29, 1.82) is 0 Å². The fourth-order valence-electron chi connectivity index (χ4n) is 2.00. The van der Waals surface area contributed by atoms with Crippen LogP contribution in [0.2, 0.25) is 0 Å². The van der Waals surface area contributed by atoms with Gasteiger partial charge in [-0.2, -0.15) is 0 Å². The molecule has 0 bridgehead atoms. The maximum Gasteiger partial charge on any atom is 0.270 e. The van der Waals surface area contributed by atoms with Crippen molar-refractivity contribution >= 4 is 11.6 Å². The van der Waals surface area contributed by atoms with E-state index in [2.05, 4.69) is 13.8 Å². The van der Waals surface area contributed by atoms with Gasteiger partial charge in [-0.1, -0.05) is 20.3 Å². The molecule has 1 unspecified atom stereocenters. The van der Waals surface area contributed by atoms with Crippen LogP contribution in [0.1, 0.15) is 44.6 Å². The highest BCUT2D eigenvalue weighted by Crippen LogP contribution is 2.14. The van der Waals surface area contributed by atoms with Gasteiger partial charge in [0.2, 0.25) is 0 Å². The Bertz CT molecular complexity index is 398. The summed E-state index contributed by atoms with van der Waals surface area (Å²) in [7, 11) is 0. The molecule has 1 amide bonds. The third-order valence-electron chi connectivity index (χ3n) is 3.38. The van der Waals surface area contributed by atoms with Gasteiger partial charge in [-0.05, 0) is 25.8 Å². The zero-order valence-electron chi connectivity index (χ0n) is 11.9. The van der Waals surface area contributed by atoms with E-state index in [1.165, 1.54) is 0 Å². The van der Waals surface area contributed by atoms with Crippen LogP contribution in [0.25, 0.3) is 0 Å². The van der Waals surface area contributed by atoms with E-state index < -0.39 is 0 Å². The summed E-state index contributed by atoms with van der Waals surface area (Å²) in [6.07, 6.45) is 2.91. The molecule has 0 saturated heterocycles. The van der Waals surface area contributed by atoms with Gasteiger partial charge >= 0.3 is 0 Å². The van der Waals surface area contributed by atoms with E-state index in [1.807, 2.05) is 29.5 Å². The zero-order valence-corrected chi connectivity index (χ0v) is 11.9. The number of aromatic nitrogens is 1. The molecular formula is C14H25N3O. The van der Waals surface area contributed by atoms with Crippen molar-refractivity contribution < 1.29 is 4.79 Å². The van der Waals surface area contributed by atoms with Gasteiger partial charge in [0.05, 0.1) is 5.69 Å². The Labute approximate surface area is 110 Å². The number of carbonyl (C=O) groups excluding carboxylic acids is 1. The first-order valence-electron chi connectivity index (χ1n) is 6.78. The number of carbonyl (C=O) groups is 1. The lowest BCUT2D eigenvalue weighted by Gasteiger charge is -2.24. The maximum atomic E-state index is 12.5. The molecule has 0 radical (unpaired) electrons. The first-order chi connectivity index (χ1) is 8.53. The van der Waals surface area contributed by atoms with E-state index in [0.29, 0.717) is 17.3 Å². The predicted octanol–water partition coefficient (Wildman–Crippen LogP) is 2.60. The van der Waals surface area contributed by atoms with Gasteiger partial charge in [-0.15, -0.1) is 0 Å². The lowest BCUT2D eigenvalue weighted by atomic mass is 10.1. The van der Waals surface area contributed by atoms with Crippen LogP contribution in [-0.4, -0.2) is 28.5 Å². The van der Waals surface area contributed by atoms with Crippen LogP contribution in [0.4, 0.5) is 5.69 Å². The minimum atomic E-state index is 0.0800. The second-order valence-corrected chi connectivity index (χ2v) is 4.80. The molecule has 0 aliphatic carbocycles. The van der Waals surface area contributed by atoms with E-state index in [-0.39, 0.29) is 5.91 Å². The van der Waals surface area contributed by atoms with Gasteiger partial charge in [0, 0.05) is 25.8 Å². The first-order valence-corrected chi connectivity index (χ1v) is 6.78. The number of hydrogen-bond donors (Lipinski definition) is 1. The largest absolute Gasteiger partial charge is 0.397 e. The lowest BCUT2D eigenvalue weighted by Crippen LogP contribution is -2.35. The third-order valence-corrected chi connectivity index (χ3v) is 3.38. The SMILES string of the molecule is CCC(C)CN(CC)C(=O)c1cc(N)cn1CC. The van der Waals surface area contributed by atoms with Gasteiger partial charge in [-0.3, -0.25) is 4.79 Å². The molecule has 1 aromatic rings. The van der Waals surface area contributed by atoms with E-state index >= 15 is 0 Å². The number of hydrogen-bond acceptors (Lipinski definition) is 2. The van der Waals surface area contributed by atoms with Crippen molar-refractivity contribution in [2.45, 2.75) is 40.7 Å². The van der Waals surface area contributed by atoms with Crippen molar-refractivity contribution in [3.05, 3.63) is 18.0 Å². The second kappa shape index (κ2) is 6.47. The molecule has 2 N–H and O–H groups in total. The Kier molecular flexibility index (Phi) is 5.25. The number of nitrogen functional groups attached to an aromatic ring is 1. The van der Waals surface area contributed by atoms with Crippen LogP contribution in [0, 0.1) is 5.92 Å². The summed E-state index contributed by atoms with van der Waals surface area (Å²) in [5.41, 5.74) is 7.12. The first kappa shape index (κ1) is 14.6. The molecule has 0 aliphatic rings. The topological polar surface area (TPSA) is 51.3 Å². The van der Waals surface area contributed by atoms with Crippen LogP contribution < -0.4 is 5.73 Å². The van der Waals surface area contributed by atoms with Gasteiger partial charge in [0.25, 0.3) is 5.91 Å². The van der Waals surface area contributed by atoms with E-state index in [4.69, 9.17) is 5.73 Å². The van der Waals surface area contributed by atoms with E-state index in [0.717, 1.165) is 26.1 Å². The number of nitrogens with zero attached hydrogens (tertiary/aromatic N) is 2. The zero-order chi connectivity index (χ0) is 13.7. The number of amides is 1. The summed E-state index contributed by atoms with van der Waals surface area (Å²) >= 11 is 0. The molecule has 0 spiro atoms. The quantitative estimate of drug-likeness (QED) is 0.845. The van der Waals surface area contributed by atoms with Crippen molar-refractivity contribution in [2.24, 2.45) is 5.92 Å². The summed E-state index contributed by atoms with van der Waals surface area (Å²) in [4.78, 5) is 14.4. The van der Waals surface area contributed by atoms with Gasteiger partial charge in [0.15, 0.2) is 0 Å². The highest BCUT2D eigenvalue weighted by molar-refractivity contribution is 5.93. The molecule has 102 valence electrons. The fraction of sp³-hybridized carbons (Fsp3) is 0.643. The number of rotatable bonds is 6. The standard InChI is InChI=1S/C14H25N3O/c1-5-11(4)9-17(7-3)14(18)13-8-12(15)10-16(13)6-2/h8,10-11H,5-7,9,15H2,1-4H3. The van der Waals surface area contributed by atoms with Crippen LogP contribution in [-0.2, 0) is 6.54 Å². The van der Waals surface area contributed by atoms with Crippen LogP contribution in [0.3, 0.4) is 0 Å². The third kappa shape index (κ3) is 3.28. The molecule has 0 aromatic carbocycles. The summed E-state index contributed by atoms with van der Waals surface area (Å²) in [5.74, 6) is 0.604. The minimum absolute atomic E-state index is 0.0800. The average Bonchev–Trinajstić information content (AvgIpc) is 2.75. The molecule has 1 aromatic heterocycles. The highest BCUT2D eigenvalue weighted by atomic mass is 16.2. The molecule has 4 heteroatoms. The minimum Gasteiger partial charge on any atom is -0.397 e. The summed E-state index contributed by atoms with van der Waals surface area (Å²) in [6.45, 7) is 10.7. The summed E-state index contributed by atoms with van der Waals surface area (Å²) in [5, 5.41) is 0. The number of aryl methyl sites for hydroxylation is 1. The molecule has 18 heavy (non-hydrogen) atoms. The Balaban J connectivity index is 2.89. The van der Waals surface area contributed by atoms with Crippen molar-refractivity contribution in [2.75, 3.05) is 18.8 Å². The Morgan fingerprint density at radius 3 is 2.61 bits per heavy atom. The average molecular weight is 251 g/mol. The summed E-state index contributed by atoms with van der Waals surface area (Å²) in [6, 6.07) is 1.77. The van der Waals surface area contributed by atoms with Gasteiger partial charge < -0.3 is 15.2 Å². The molecule has 0 fully saturated rings. The van der Waals surface area contributed by atoms with Gasteiger partial charge in [0.1, 0.15) is 5.69 Å². The Morgan fingerprint density at radius 1 is 1.44 bits per heavy atom. The fourth-order valence-corrected chi connectivity index (χ4v) is 2.00. The molecule has 4 nitrogen and oxygen atoms in total. The Morgan fingerprint density at radius 2 is 2.11 bits per heavy atom. The molecule has 0 saturated carbocycles. The summed E-state index contributed by atoms with van der Waals surface area (Å²) < 4.78 is 1.91. The van der Waals surface area contributed by atoms with E-state index in [1.54, 1.807) is 6.07 Å². The van der Waals surface area contributed by atoms with Crippen LogP contribution >= 0.6 is 0 Å². The molecule has 1 heterocycles. The van der Waals surface area contributed by atoms with E-state index in [9.17, 15) is 4.79 Å². The highest BCUT2D eigenvalue weighted by Gasteiger charge is 2.19. The second-order valence-electron chi connectivity index (χ2n) is 4.80. The molecular weight excluding hydrogens is 226 g/mol. The lowest BCUT2D eigenvalue weighted by molar-refractivity contribution is 0.0730.